The van der Waals surface area contributed by atoms with Crippen LogP contribution in [-0.4, -0.2) is 86.3 Å². The maximum absolute atomic E-state index is 10.3. The molecule has 9 atom stereocenters. The quantitative estimate of drug-likeness (QED) is 0.332. The summed E-state index contributed by atoms with van der Waals surface area (Å²) in [6, 6.07) is 0. The smallest absolute Gasteiger partial charge is 0.187 e. The zero-order chi connectivity index (χ0) is 20.5. The van der Waals surface area contributed by atoms with Gasteiger partial charge in [0.05, 0.1) is 24.9 Å². The summed E-state index contributed by atoms with van der Waals surface area (Å²) in [5.41, 5.74) is 0.339. The van der Waals surface area contributed by atoms with Gasteiger partial charge in [-0.3, -0.25) is 0 Å². The molecule has 6 N–H and O–H groups in total. The molecule has 1 heterocycles. The van der Waals surface area contributed by atoms with Gasteiger partial charge >= 0.3 is 0 Å². The molecule has 2 aliphatic rings. The van der Waals surface area contributed by atoms with Crippen LogP contribution in [-0.2, 0) is 9.47 Å². The van der Waals surface area contributed by atoms with Gasteiger partial charge in [-0.05, 0) is 13.8 Å². The fourth-order valence-electron chi connectivity index (χ4n) is 3.78. The van der Waals surface area contributed by atoms with Crippen LogP contribution in [0.1, 0.15) is 27.7 Å². The summed E-state index contributed by atoms with van der Waals surface area (Å²) in [6.07, 6.45) is -3.69. The fourth-order valence-corrected chi connectivity index (χ4v) is 3.78. The molecule has 9 unspecified atom stereocenters. The lowest BCUT2D eigenvalue weighted by Crippen LogP contribution is -2.59. The van der Waals surface area contributed by atoms with E-state index in [1.807, 2.05) is 26.8 Å². The third-order valence-electron chi connectivity index (χ3n) is 5.58. The van der Waals surface area contributed by atoms with Crippen molar-refractivity contribution in [2.75, 3.05) is 6.61 Å². The van der Waals surface area contributed by atoms with Gasteiger partial charge in [0.2, 0.25) is 0 Å². The lowest BCUT2D eigenvalue weighted by molar-refractivity contribution is -0.306. The molecule has 0 saturated carbocycles. The first kappa shape index (κ1) is 22.4. The monoisotopic (exact) mass is 388 g/mol. The summed E-state index contributed by atoms with van der Waals surface area (Å²) < 4.78 is 11.0. The van der Waals surface area contributed by atoms with Crippen LogP contribution in [0.2, 0.25) is 0 Å². The second kappa shape index (κ2) is 8.67. The lowest BCUT2D eigenvalue weighted by atomic mass is 9.66. The number of aliphatic hydroxyl groups excluding tert-OH is 6. The fraction of sp³-hybridized carbons (Fsp3) is 0.789. The van der Waals surface area contributed by atoms with Crippen LogP contribution in [0, 0.1) is 11.3 Å². The van der Waals surface area contributed by atoms with E-state index < -0.39 is 61.0 Å². The van der Waals surface area contributed by atoms with Crippen molar-refractivity contribution in [3.8, 4) is 0 Å². The van der Waals surface area contributed by atoms with Crippen LogP contribution in [0.5, 0.6) is 0 Å². The average molecular weight is 388 g/mol. The first-order chi connectivity index (χ1) is 12.5. The Morgan fingerprint density at radius 1 is 1.15 bits per heavy atom. The van der Waals surface area contributed by atoms with E-state index >= 15 is 0 Å². The van der Waals surface area contributed by atoms with Crippen LogP contribution in [0.25, 0.3) is 0 Å². The Morgan fingerprint density at radius 3 is 2.37 bits per heavy atom. The highest BCUT2D eigenvalue weighted by Crippen LogP contribution is 2.42. The number of aliphatic hydroxyl groups is 6. The van der Waals surface area contributed by atoms with Crippen molar-refractivity contribution < 1.29 is 40.1 Å². The maximum Gasteiger partial charge on any atom is 0.187 e. The Kier molecular flexibility index (Phi) is 7.21. The molecule has 0 radical (unpaired) electrons. The zero-order valence-corrected chi connectivity index (χ0v) is 16.1. The molecule has 0 amide bonds. The molecular weight excluding hydrogens is 356 g/mol. The molecule has 1 aliphatic heterocycles. The molecule has 8 heteroatoms. The molecule has 0 aromatic carbocycles. The van der Waals surface area contributed by atoms with Crippen LogP contribution < -0.4 is 0 Å². The van der Waals surface area contributed by atoms with Crippen molar-refractivity contribution in [2.24, 2.45) is 11.3 Å². The Morgan fingerprint density at radius 2 is 1.78 bits per heavy atom. The minimum absolute atomic E-state index is 0.128. The Bertz CT molecular complexity index is 558. The average Bonchev–Trinajstić information content (AvgIpc) is 2.60. The topological polar surface area (TPSA) is 140 Å². The first-order valence-electron chi connectivity index (χ1n) is 9.19. The van der Waals surface area contributed by atoms with Gasteiger partial charge in [-0.15, -0.1) is 0 Å². The maximum atomic E-state index is 10.3. The summed E-state index contributed by atoms with van der Waals surface area (Å²) in [6.45, 7) is 6.83. The SMILES string of the molecule is CC1=CC(O)C(O)C(C)(C)C1C=CC(C)OC1OC(CO)C(O)C(O)C1O. The summed E-state index contributed by atoms with van der Waals surface area (Å²) in [7, 11) is 0. The summed E-state index contributed by atoms with van der Waals surface area (Å²) >= 11 is 0. The second-order valence-corrected chi connectivity index (χ2v) is 8.07. The number of ether oxygens (including phenoxy) is 2. The number of hydrogen-bond donors (Lipinski definition) is 6. The summed E-state index contributed by atoms with van der Waals surface area (Å²) in [4.78, 5) is 0. The largest absolute Gasteiger partial charge is 0.394 e. The van der Waals surface area contributed by atoms with E-state index in [1.54, 1.807) is 19.1 Å². The standard InChI is InChI=1S/C19H32O8/c1-9-7-12(21)17(25)19(3,4)11(9)6-5-10(2)26-18-16(24)15(23)14(22)13(8-20)27-18/h5-7,10-18,20-25H,8H2,1-4H3. The Labute approximate surface area is 159 Å². The number of rotatable bonds is 5. The first-order valence-corrected chi connectivity index (χ1v) is 9.19. The van der Waals surface area contributed by atoms with Crippen molar-refractivity contribution in [1.82, 2.24) is 0 Å². The second-order valence-electron chi connectivity index (χ2n) is 8.07. The molecule has 0 aromatic heterocycles. The van der Waals surface area contributed by atoms with Crippen molar-refractivity contribution >= 4 is 0 Å². The molecule has 1 aliphatic carbocycles. The van der Waals surface area contributed by atoms with Crippen molar-refractivity contribution in [2.45, 2.75) is 76.7 Å². The Hall–Kier alpha value is -0.840. The van der Waals surface area contributed by atoms with E-state index in [9.17, 15) is 30.6 Å². The van der Waals surface area contributed by atoms with Gasteiger partial charge < -0.3 is 40.1 Å². The molecule has 8 nitrogen and oxygen atoms in total. The van der Waals surface area contributed by atoms with Crippen molar-refractivity contribution in [1.29, 1.82) is 0 Å². The molecule has 1 fully saturated rings. The van der Waals surface area contributed by atoms with Gasteiger partial charge in [0.25, 0.3) is 0 Å². The van der Waals surface area contributed by atoms with Gasteiger partial charge in [-0.25, -0.2) is 0 Å². The molecule has 1 saturated heterocycles. The van der Waals surface area contributed by atoms with Gasteiger partial charge in [-0.2, -0.15) is 0 Å². The lowest BCUT2D eigenvalue weighted by Gasteiger charge is -2.43. The van der Waals surface area contributed by atoms with E-state index in [0.29, 0.717) is 0 Å². The van der Waals surface area contributed by atoms with E-state index in [0.717, 1.165) is 5.57 Å². The molecule has 156 valence electrons. The predicted octanol–water partition coefficient (Wildman–Crippen LogP) is -0.928. The van der Waals surface area contributed by atoms with Gasteiger partial charge in [0.15, 0.2) is 6.29 Å². The van der Waals surface area contributed by atoms with E-state index in [-0.39, 0.29) is 5.92 Å². The molecule has 27 heavy (non-hydrogen) atoms. The molecular formula is C19H32O8. The van der Waals surface area contributed by atoms with Crippen LogP contribution in [0.4, 0.5) is 0 Å². The number of hydrogen-bond acceptors (Lipinski definition) is 8. The van der Waals surface area contributed by atoms with Gasteiger partial charge in [-0.1, -0.05) is 37.6 Å². The van der Waals surface area contributed by atoms with Crippen LogP contribution in [0.15, 0.2) is 23.8 Å². The van der Waals surface area contributed by atoms with Crippen LogP contribution in [0.3, 0.4) is 0 Å². The summed E-state index contributed by atoms with van der Waals surface area (Å²) in [5, 5.41) is 59.1. The van der Waals surface area contributed by atoms with E-state index in [2.05, 4.69) is 0 Å². The minimum atomic E-state index is -1.49. The molecule has 0 bridgehead atoms. The van der Waals surface area contributed by atoms with Crippen LogP contribution >= 0.6 is 0 Å². The van der Waals surface area contributed by atoms with Crippen molar-refractivity contribution in [3.63, 3.8) is 0 Å². The van der Waals surface area contributed by atoms with Gasteiger partial charge in [0, 0.05) is 11.3 Å². The third kappa shape index (κ3) is 4.60. The van der Waals surface area contributed by atoms with E-state index in [1.165, 1.54) is 0 Å². The minimum Gasteiger partial charge on any atom is -0.394 e. The van der Waals surface area contributed by atoms with E-state index in [4.69, 9.17) is 9.47 Å². The highest BCUT2D eigenvalue weighted by Gasteiger charge is 2.45. The normalized spacial score (nSPS) is 43.6. The Balaban J connectivity index is 2.06. The molecule has 2 rings (SSSR count). The molecule has 0 spiro atoms. The number of allylic oxidation sites excluding steroid dienone is 2. The highest BCUT2D eigenvalue weighted by molar-refractivity contribution is 5.24. The molecule has 0 aromatic rings. The highest BCUT2D eigenvalue weighted by atomic mass is 16.7. The zero-order valence-electron chi connectivity index (χ0n) is 16.1. The van der Waals surface area contributed by atoms with Gasteiger partial charge in [0.1, 0.15) is 24.4 Å². The summed E-state index contributed by atoms with van der Waals surface area (Å²) in [5.74, 6) is -0.128. The third-order valence-corrected chi connectivity index (χ3v) is 5.58. The van der Waals surface area contributed by atoms with Crippen molar-refractivity contribution in [3.05, 3.63) is 23.8 Å². The predicted molar refractivity (Wildman–Crippen MR) is 96.5 cm³/mol.